The highest BCUT2D eigenvalue weighted by Crippen LogP contribution is 2.22. The fourth-order valence-corrected chi connectivity index (χ4v) is 3.39. The monoisotopic (exact) mass is 304 g/mol. The molecule has 1 aromatic carbocycles. The van der Waals surface area contributed by atoms with Gasteiger partial charge in [-0.2, -0.15) is 0 Å². The van der Waals surface area contributed by atoms with Crippen molar-refractivity contribution in [1.29, 1.82) is 0 Å². The average molecular weight is 304 g/mol. The quantitative estimate of drug-likeness (QED) is 0.876. The van der Waals surface area contributed by atoms with Gasteiger partial charge in [-0.25, -0.2) is 0 Å². The van der Waals surface area contributed by atoms with Crippen molar-refractivity contribution in [3.8, 4) is 0 Å². The summed E-state index contributed by atoms with van der Waals surface area (Å²) in [4.78, 5) is 18.3. The minimum Gasteiger partial charge on any atom is -0.316 e. The summed E-state index contributed by atoms with van der Waals surface area (Å²) < 4.78 is 0. The van der Waals surface area contributed by atoms with Crippen LogP contribution in [0.25, 0.3) is 0 Å². The molecule has 0 spiro atoms. The molecule has 0 saturated heterocycles. The van der Waals surface area contributed by atoms with Crippen LogP contribution in [0.15, 0.2) is 35.1 Å². The van der Waals surface area contributed by atoms with Crippen molar-refractivity contribution in [2.75, 3.05) is 0 Å². The molecule has 0 radical (unpaired) electrons. The van der Waals surface area contributed by atoms with Gasteiger partial charge >= 0.3 is 4.87 Å². The number of hydrogen-bond donors (Lipinski definition) is 1. The molecule has 0 aliphatic carbocycles. The summed E-state index contributed by atoms with van der Waals surface area (Å²) >= 11 is 1.35. The molecule has 0 bridgehead atoms. The van der Waals surface area contributed by atoms with E-state index in [4.69, 9.17) is 0 Å². The molecule has 0 fully saturated rings. The van der Waals surface area contributed by atoms with Crippen LogP contribution in [0.1, 0.15) is 49.7 Å². The number of aromatic nitrogens is 1. The minimum atomic E-state index is 0.0529. The summed E-state index contributed by atoms with van der Waals surface area (Å²) in [6.07, 6.45) is 0. The van der Waals surface area contributed by atoms with Gasteiger partial charge in [0.25, 0.3) is 0 Å². The van der Waals surface area contributed by atoms with Gasteiger partial charge in [0, 0.05) is 29.7 Å². The van der Waals surface area contributed by atoms with Crippen molar-refractivity contribution in [1.82, 2.24) is 9.88 Å². The Morgan fingerprint density at radius 2 is 1.76 bits per heavy atom. The van der Waals surface area contributed by atoms with Crippen LogP contribution in [0.5, 0.6) is 0 Å². The smallest absolute Gasteiger partial charge is 0.304 e. The van der Waals surface area contributed by atoms with E-state index in [9.17, 15) is 4.79 Å². The van der Waals surface area contributed by atoms with E-state index >= 15 is 0 Å². The van der Waals surface area contributed by atoms with Crippen LogP contribution in [-0.2, 0) is 13.1 Å². The summed E-state index contributed by atoms with van der Waals surface area (Å²) in [5.41, 5.74) is 2.39. The Labute approximate surface area is 130 Å². The maximum atomic E-state index is 11.7. The first-order valence-corrected chi connectivity index (χ1v) is 8.29. The van der Waals surface area contributed by atoms with E-state index in [-0.39, 0.29) is 4.87 Å². The fraction of sp³-hybridized carbons (Fsp3) is 0.471. The lowest BCUT2D eigenvalue weighted by molar-refractivity contribution is 0.205. The zero-order chi connectivity index (χ0) is 15.4. The Bertz CT molecular complexity index is 613. The molecular formula is C17H24N2OS. The number of nitrogens with zero attached hydrogens (tertiary/aromatic N) is 1. The zero-order valence-electron chi connectivity index (χ0n) is 13.2. The number of thiazole rings is 1. The largest absolute Gasteiger partial charge is 0.316 e. The highest BCUT2D eigenvalue weighted by atomic mass is 32.1. The van der Waals surface area contributed by atoms with Crippen molar-refractivity contribution in [2.24, 2.45) is 0 Å². The summed E-state index contributed by atoms with van der Waals surface area (Å²) in [5, 5.41) is 0. The van der Waals surface area contributed by atoms with Crippen molar-refractivity contribution < 1.29 is 0 Å². The molecule has 0 aliphatic heterocycles. The van der Waals surface area contributed by atoms with Crippen molar-refractivity contribution in [2.45, 2.75) is 52.7 Å². The number of benzene rings is 1. The third-order valence-corrected chi connectivity index (χ3v) is 4.52. The average Bonchev–Trinajstić information content (AvgIpc) is 2.80. The Morgan fingerprint density at radius 1 is 1.10 bits per heavy atom. The van der Waals surface area contributed by atoms with E-state index in [0.717, 1.165) is 18.8 Å². The van der Waals surface area contributed by atoms with E-state index in [0.29, 0.717) is 12.0 Å². The maximum absolute atomic E-state index is 11.7. The molecule has 114 valence electrons. The topological polar surface area (TPSA) is 36.1 Å². The molecule has 0 saturated carbocycles. The van der Waals surface area contributed by atoms with Crippen LogP contribution >= 0.6 is 11.3 Å². The zero-order valence-corrected chi connectivity index (χ0v) is 14.0. The molecule has 2 rings (SSSR count). The third-order valence-electron chi connectivity index (χ3n) is 3.64. The number of nitrogens with one attached hydrogen (secondary N) is 1. The van der Waals surface area contributed by atoms with E-state index in [2.05, 4.69) is 61.8 Å². The third kappa shape index (κ3) is 4.29. The van der Waals surface area contributed by atoms with Crippen LogP contribution in [0.3, 0.4) is 0 Å². The minimum absolute atomic E-state index is 0.0529. The molecule has 2 aromatic rings. The molecule has 0 aliphatic rings. The van der Waals surface area contributed by atoms with Gasteiger partial charge in [0.15, 0.2) is 0 Å². The highest BCUT2D eigenvalue weighted by Gasteiger charge is 2.17. The Balaban J connectivity index is 2.19. The van der Waals surface area contributed by atoms with Crippen LogP contribution in [0, 0.1) is 0 Å². The van der Waals surface area contributed by atoms with Gasteiger partial charge in [-0.15, -0.1) is 0 Å². The molecule has 1 heterocycles. The van der Waals surface area contributed by atoms with Crippen LogP contribution in [-0.4, -0.2) is 15.9 Å². The van der Waals surface area contributed by atoms with E-state index in [1.165, 1.54) is 21.8 Å². The lowest BCUT2D eigenvalue weighted by atomic mass is 10.1. The number of aromatic amines is 1. The van der Waals surface area contributed by atoms with Gasteiger partial charge < -0.3 is 4.98 Å². The van der Waals surface area contributed by atoms with Crippen LogP contribution < -0.4 is 4.87 Å². The molecule has 1 aromatic heterocycles. The van der Waals surface area contributed by atoms with Gasteiger partial charge in [0.05, 0.1) is 0 Å². The lowest BCUT2D eigenvalue weighted by Gasteiger charge is -2.26. The predicted octanol–water partition coefficient (Wildman–Crippen LogP) is 3.97. The van der Waals surface area contributed by atoms with Gasteiger partial charge in [0.2, 0.25) is 0 Å². The Hall–Kier alpha value is -1.39. The second-order valence-corrected chi connectivity index (χ2v) is 7.06. The maximum Gasteiger partial charge on any atom is 0.304 e. The summed E-state index contributed by atoms with van der Waals surface area (Å²) in [7, 11) is 0. The molecule has 3 nitrogen and oxygen atoms in total. The van der Waals surface area contributed by atoms with Crippen molar-refractivity contribution >= 4 is 11.3 Å². The van der Waals surface area contributed by atoms with E-state index in [1.54, 1.807) is 0 Å². The summed E-state index contributed by atoms with van der Waals surface area (Å²) in [6.45, 7) is 10.4. The molecule has 0 atom stereocenters. The van der Waals surface area contributed by atoms with Gasteiger partial charge in [-0.3, -0.25) is 9.69 Å². The lowest BCUT2D eigenvalue weighted by Crippen LogP contribution is -2.29. The van der Waals surface area contributed by atoms with Gasteiger partial charge in [-0.05, 0) is 25.3 Å². The number of hydrogen-bond acceptors (Lipinski definition) is 3. The molecule has 4 heteroatoms. The number of rotatable bonds is 6. The molecule has 21 heavy (non-hydrogen) atoms. The van der Waals surface area contributed by atoms with Crippen molar-refractivity contribution in [3.63, 3.8) is 0 Å². The van der Waals surface area contributed by atoms with Crippen molar-refractivity contribution in [3.05, 3.63) is 56.1 Å². The van der Waals surface area contributed by atoms with Crippen LogP contribution in [0.2, 0.25) is 0 Å². The molecule has 0 amide bonds. The normalized spacial score (nSPS) is 11.8. The Morgan fingerprint density at radius 3 is 2.33 bits per heavy atom. The summed E-state index contributed by atoms with van der Waals surface area (Å²) in [6, 6.07) is 10.9. The predicted molar refractivity (Wildman–Crippen MR) is 89.9 cm³/mol. The highest BCUT2D eigenvalue weighted by molar-refractivity contribution is 7.09. The SMILES string of the molecule is CC(C)c1[nH]c(=O)sc1CN(Cc1ccccc1)C(C)C. The second-order valence-electron chi connectivity index (χ2n) is 5.99. The van der Waals surface area contributed by atoms with E-state index in [1.807, 2.05) is 6.07 Å². The standard InChI is InChI=1S/C17H24N2OS/c1-12(2)16-15(21-17(20)18-16)11-19(13(3)4)10-14-8-6-5-7-9-14/h5-9,12-13H,10-11H2,1-4H3,(H,18,20). The van der Waals surface area contributed by atoms with Gasteiger partial charge in [-0.1, -0.05) is 55.5 Å². The second kappa shape index (κ2) is 7.05. The molecule has 1 N–H and O–H groups in total. The summed E-state index contributed by atoms with van der Waals surface area (Å²) in [5.74, 6) is 0.352. The number of H-pyrrole nitrogens is 1. The van der Waals surface area contributed by atoms with E-state index < -0.39 is 0 Å². The van der Waals surface area contributed by atoms with Gasteiger partial charge in [0.1, 0.15) is 0 Å². The first-order chi connectivity index (χ1) is 9.97. The van der Waals surface area contributed by atoms with Crippen LogP contribution in [0.4, 0.5) is 0 Å². The Kier molecular flexibility index (Phi) is 5.37. The first kappa shape index (κ1) is 16.0. The fourth-order valence-electron chi connectivity index (χ4n) is 2.38. The molecule has 0 unspecified atom stereocenters. The first-order valence-electron chi connectivity index (χ1n) is 7.47. The molecular weight excluding hydrogens is 280 g/mol.